The monoisotopic (exact) mass is 254 g/mol. The van der Waals surface area contributed by atoms with E-state index in [1.54, 1.807) is 26.4 Å². The summed E-state index contributed by atoms with van der Waals surface area (Å²) in [6.45, 7) is 2.34. The number of nitrogens with one attached hydrogen (secondary N) is 2. The van der Waals surface area contributed by atoms with Crippen LogP contribution in [0.3, 0.4) is 0 Å². The van der Waals surface area contributed by atoms with Gasteiger partial charge in [-0.1, -0.05) is 6.92 Å². The van der Waals surface area contributed by atoms with Gasteiger partial charge in [0.15, 0.2) is 0 Å². The number of carboxylic acid groups (broad SMARTS) is 1. The molecule has 0 fully saturated rings. The van der Waals surface area contributed by atoms with Gasteiger partial charge < -0.3 is 15.3 Å². The number of urea groups is 1. The predicted molar refractivity (Wildman–Crippen MR) is 64.9 cm³/mol. The normalized spacial score (nSPS) is 11.9. The average Bonchev–Trinajstić information content (AvgIpc) is 2.81. The van der Waals surface area contributed by atoms with Crippen LogP contribution >= 0.6 is 0 Å². The third-order valence-electron chi connectivity index (χ3n) is 2.66. The Morgan fingerprint density at radius 2 is 2.33 bits per heavy atom. The number of H-pyrrole nitrogens is 1. The van der Waals surface area contributed by atoms with Crippen LogP contribution in [0.15, 0.2) is 12.4 Å². The number of carboxylic acids is 1. The fraction of sp³-hybridized carbons (Fsp3) is 0.545. The molecule has 1 rings (SSSR count). The summed E-state index contributed by atoms with van der Waals surface area (Å²) in [5, 5.41) is 17.9. The lowest BCUT2D eigenvalue weighted by atomic mass is 10.1. The highest BCUT2D eigenvalue weighted by Gasteiger charge is 2.17. The lowest BCUT2D eigenvalue weighted by Gasteiger charge is -2.18. The van der Waals surface area contributed by atoms with E-state index >= 15 is 0 Å². The van der Waals surface area contributed by atoms with Gasteiger partial charge >= 0.3 is 12.0 Å². The zero-order valence-corrected chi connectivity index (χ0v) is 10.5. The lowest BCUT2D eigenvalue weighted by Crippen LogP contribution is -2.40. The lowest BCUT2D eigenvalue weighted by molar-refractivity contribution is -0.141. The molecule has 1 heterocycles. The van der Waals surface area contributed by atoms with Crippen LogP contribution in [-0.4, -0.2) is 45.8 Å². The molecule has 0 aliphatic carbocycles. The molecular weight excluding hydrogens is 236 g/mol. The molecule has 1 unspecified atom stereocenters. The third kappa shape index (κ3) is 4.08. The molecule has 100 valence electrons. The Kier molecular flexibility index (Phi) is 5.16. The molecule has 18 heavy (non-hydrogen) atoms. The van der Waals surface area contributed by atoms with Crippen molar-refractivity contribution in [1.82, 2.24) is 20.4 Å². The van der Waals surface area contributed by atoms with Crippen LogP contribution < -0.4 is 5.32 Å². The van der Waals surface area contributed by atoms with Gasteiger partial charge in [0.05, 0.1) is 18.7 Å². The van der Waals surface area contributed by atoms with Crippen molar-refractivity contribution in [3.63, 3.8) is 0 Å². The quantitative estimate of drug-likeness (QED) is 0.694. The summed E-state index contributed by atoms with van der Waals surface area (Å²) in [6.07, 6.45) is 3.83. The van der Waals surface area contributed by atoms with Gasteiger partial charge in [0.25, 0.3) is 0 Å². The molecule has 1 aromatic heterocycles. The van der Waals surface area contributed by atoms with Crippen molar-refractivity contribution in [1.29, 1.82) is 0 Å². The highest BCUT2D eigenvalue weighted by molar-refractivity contribution is 5.75. The van der Waals surface area contributed by atoms with Crippen molar-refractivity contribution in [2.75, 3.05) is 13.6 Å². The zero-order valence-electron chi connectivity index (χ0n) is 10.5. The van der Waals surface area contributed by atoms with Crippen LogP contribution in [0.5, 0.6) is 0 Å². The Bertz CT molecular complexity index is 391. The molecular formula is C11H18N4O3. The third-order valence-corrected chi connectivity index (χ3v) is 2.66. The molecule has 1 aromatic rings. The van der Waals surface area contributed by atoms with Crippen molar-refractivity contribution in [3.05, 3.63) is 18.0 Å². The number of carbonyl (C=O) groups excluding carboxylic acids is 1. The maximum atomic E-state index is 11.7. The van der Waals surface area contributed by atoms with Crippen molar-refractivity contribution in [2.45, 2.75) is 19.9 Å². The summed E-state index contributed by atoms with van der Waals surface area (Å²) in [4.78, 5) is 24.0. The number of hydrogen-bond donors (Lipinski definition) is 3. The molecule has 7 heteroatoms. The van der Waals surface area contributed by atoms with Crippen molar-refractivity contribution in [3.8, 4) is 0 Å². The first-order valence-electron chi connectivity index (χ1n) is 5.74. The highest BCUT2D eigenvalue weighted by Crippen LogP contribution is 2.02. The number of rotatable bonds is 6. The second-order valence-electron chi connectivity index (χ2n) is 4.09. The van der Waals surface area contributed by atoms with Crippen LogP contribution in [0.4, 0.5) is 4.79 Å². The first kappa shape index (κ1) is 14.0. The number of nitrogens with zero attached hydrogens (tertiary/aromatic N) is 2. The molecule has 0 bridgehead atoms. The Morgan fingerprint density at radius 1 is 1.61 bits per heavy atom. The van der Waals surface area contributed by atoms with Gasteiger partial charge in [0, 0.05) is 25.4 Å². The topological polar surface area (TPSA) is 98.3 Å². The molecule has 1 atom stereocenters. The minimum atomic E-state index is -0.893. The molecule has 7 nitrogen and oxygen atoms in total. The largest absolute Gasteiger partial charge is 0.481 e. The van der Waals surface area contributed by atoms with Crippen molar-refractivity contribution in [2.24, 2.45) is 5.92 Å². The van der Waals surface area contributed by atoms with Gasteiger partial charge in [-0.05, 0) is 6.42 Å². The number of amides is 2. The van der Waals surface area contributed by atoms with Crippen LogP contribution in [0, 0.1) is 5.92 Å². The van der Waals surface area contributed by atoms with Gasteiger partial charge in [-0.25, -0.2) is 4.79 Å². The minimum Gasteiger partial charge on any atom is -0.481 e. The van der Waals surface area contributed by atoms with Crippen molar-refractivity contribution < 1.29 is 14.7 Å². The van der Waals surface area contributed by atoms with E-state index in [-0.39, 0.29) is 12.6 Å². The van der Waals surface area contributed by atoms with Crippen LogP contribution in [0.2, 0.25) is 0 Å². The van der Waals surface area contributed by atoms with Gasteiger partial charge in [-0.2, -0.15) is 5.10 Å². The summed E-state index contributed by atoms with van der Waals surface area (Å²) in [7, 11) is 1.64. The molecule has 0 radical (unpaired) electrons. The molecule has 0 aliphatic heterocycles. The van der Waals surface area contributed by atoms with E-state index in [2.05, 4.69) is 15.5 Å². The molecule has 0 aliphatic rings. The molecule has 0 spiro atoms. The smallest absolute Gasteiger partial charge is 0.317 e. The van der Waals surface area contributed by atoms with E-state index in [4.69, 9.17) is 5.11 Å². The molecule has 3 N–H and O–H groups in total. The summed E-state index contributed by atoms with van der Waals surface area (Å²) >= 11 is 0. The molecule has 0 aromatic carbocycles. The maximum absolute atomic E-state index is 11.7. The fourth-order valence-corrected chi connectivity index (χ4v) is 1.46. The van der Waals surface area contributed by atoms with E-state index in [1.165, 1.54) is 4.90 Å². The SMILES string of the molecule is CCC(CNC(=O)N(C)Cc1cn[nH]c1)C(=O)O. The standard InChI is InChI=1S/C11H18N4O3/c1-3-9(10(16)17)6-12-11(18)15(2)7-8-4-13-14-5-8/h4-5,9H,3,6-7H2,1-2H3,(H,12,18)(H,13,14)(H,16,17). The Balaban J connectivity index is 2.38. The minimum absolute atomic E-state index is 0.139. The Morgan fingerprint density at radius 3 is 2.83 bits per heavy atom. The van der Waals surface area contributed by atoms with Gasteiger partial charge in [0.2, 0.25) is 0 Å². The van der Waals surface area contributed by atoms with Crippen LogP contribution in [0.25, 0.3) is 0 Å². The second kappa shape index (κ2) is 6.63. The van der Waals surface area contributed by atoms with E-state index in [1.807, 2.05) is 0 Å². The van der Waals surface area contributed by atoms with Gasteiger partial charge in [0.1, 0.15) is 0 Å². The maximum Gasteiger partial charge on any atom is 0.317 e. The van der Waals surface area contributed by atoms with E-state index < -0.39 is 11.9 Å². The summed E-state index contributed by atoms with van der Waals surface area (Å²) in [5.74, 6) is -1.44. The van der Waals surface area contributed by atoms with Crippen LogP contribution in [0.1, 0.15) is 18.9 Å². The zero-order chi connectivity index (χ0) is 13.5. The van der Waals surface area contributed by atoms with Crippen LogP contribution in [-0.2, 0) is 11.3 Å². The predicted octanol–water partition coefficient (Wildman–Crippen LogP) is 0.662. The van der Waals surface area contributed by atoms with Crippen molar-refractivity contribution >= 4 is 12.0 Å². The number of aromatic nitrogens is 2. The first-order chi connectivity index (χ1) is 8.54. The number of carbonyl (C=O) groups is 2. The number of hydrogen-bond acceptors (Lipinski definition) is 3. The summed E-state index contributed by atoms with van der Waals surface area (Å²) in [5.41, 5.74) is 0.887. The van der Waals surface area contributed by atoms with Gasteiger partial charge in [-0.15, -0.1) is 0 Å². The van der Waals surface area contributed by atoms with Gasteiger partial charge in [-0.3, -0.25) is 9.89 Å². The van der Waals surface area contributed by atoms with E-state index in [0.717, 1.165) is 5.56 Å². The molecule has 0 saturated heterocycles. The number of aromatic amines is 1. The molecule has 0 saturated carbocycles. The average molecular weight is 254 g/mol. The molecule has 2 amide bonds. The van der Waals surface area contributed by atoms with E-state index in [0.29, 0.717) is 13.0 Å². The highest BCUT2D eigenvalue weighted by atomic mass is 16.4. The first-order valence-corrected chi connectivity index (χ1v) is 5.74. The van der Waals surface area contributed by atoms with E-state index in [9.17, 15) is 9.59 Å². The summed E-state index contributed by atoms with van der Waals surface area (Å²) < 4.78 is 0. The summed E-state index contributed by atoms with van der Waals surface area (Å²) in [6, 6.07) is -0.295. The Labute approximate surface area is 105 Å². The fourth-order valence-electron chi connectivity index (χ4n) is 1.46. The second-order valence-corrected chi connectivity index (χ2v) is 4.09. The Hall–Kier alpha value is -2.05. The number of aliphatic carboxylic acids is 1.